The lowest BCUT2D eigenvalue weighted by Crippen LogP contribution is -2.03. The minimum absolute atomic E-state index is 0.0874. The molecule has 0 fully saturated rings. The topological polar surface area (TPSA) is 77.0 Å². The molecule has 5 nitrogen and oxygen atoms in total. The number of aryl methyl sites for hydroxylation is 1. The maximum absolute atomic E-state index is 8.88. The van der Waals surface area contributed by atoms with E-state index >= 15 is 0 Å². The smallest absolute Gasteiger partial charge is 0.108 e. The third-order valence-corrected chi connectivity index (χ3v) is 2.45. The van der Waals surface area contributed by atoms with Crippen LogP contribution >= 0.6 is 0 Å². The van der Waals surface area contributed by atoms with Crippen molar-refractivity contribution in [3.8, 4) is 0 Å². The van der Waals surface area contributed by atoms with E-state index < -0.39 is 0 Å². The van der Waals surface area contributed by atoms with E-state index in [9.17, 15) is 0 Å². The average Bonchev–Trinajstić information content (AvgIpc) is 2.71. The second-order valence-corrected chi connectivity index (χ2v) is 3.75. The van der Waals surface area contributed by atoms with Crippen LogP contribution in [0.1, 0.15) is 16.8 Å². The fraction of sp³-hybridized carbons (Fsp3) is 0.273. The number of hydrogen-bond donors (Lipinski definition) is 2. The average molecular weight is 218 g/mol. The number of nitrogens with two attached hydrogens (primary N) is 1. The van der Waals surface area contributed by atoms with Gasteiger partial charge in [0.15, 0.2) is 0 Å². The zero-order valence-corrected chi connectivity index (χ0v) is 9.09. The van der Waals surface area contributed by atoms with Crippen LogP contribution in [-0.2, 0) is 13.2 Å². The molecule has 2 rings (SSSR count). The summed E-state index contributed by atoms with van der Waals surface area (Å²) in [6.45, 7) is 2.55. The molecule has 16 heavy (non-hydrogen) atoms. The van der Waals surface area contributed by atoms with E-state index in [1.807, 2.05) is 25.1 Å². The maximum Gasteiger partial charge on any atom is 0.108 e. The van der Waals surface area contributed by atoms with Gasteiger partial charge in [-0.05, 0) is 30.2 Å². The number of aliphatic hydroxyl groups is 1. The minimum atomic E-state index is -0.0874. The number of aromatic nitrogens is 3. The molecule has 0 saturated heterocycles. The first kappa shape index (κ1) is 10.6. The summed E-state index contributed by atoms with van der Waals surface area (Å²) >= 11 is 0. The van der Waals surface area contributed by atoms with Gasteiger partial charge in [0.05, 0.1) is 19.3 Å². The van der Waals surface area contributed by atoms with Crippen LogP contribution in [0, 0.1) is 6.92 Å². The third-order valence-electron chi connectivity index (χ3n) is 2.45. The molecular formula is C11H14N4O. The largest absolute Gasteiger partial charge is 0.399 e. The first-order valence-corrected chi connectivity index (χ1v) is 5.04. The molecule has 0 bridgehead atoms. The Morgan fingerprint density at radius 3 is 2.94 bits per heavy atom. The van der Waals surface area contributed by atoms with E-state index in [1.165, 1.54) is 0 Å². The van der Waals surface area contributed by atoms with Crippen LogP contribution in [0.3, 0.4) is 0 Å². The second kappa shape index (κ2) is 4.32. The van der Waals surface area contributed by atoms with Crippen molar-refractivity contribution in [2.75, 3.05) is 5.73 Å². The van der Waals surface area contributed by atoms with E-state index in [0.717, 1.165) is 16.8 Å². The molecule has 84 valence electrons. The van der Waals surface area contributed by atoms with Gasteiger partial charge < -0.3 is 10.8 Å². The molecule has 1 aromatic heterocycles. The van der Waals surface area contributed by atoms with E-state index in [-0.39, 0.29) is 6.61 Å². The van der Waals surface area contributed by atoms with Crippen LogP contribution < -0.4 is 5.73 Å². The molecule has 0 aliphatic rings. The van der Waals surface area contributed by atoms with Crippen molar-refractivity contribution in [2.24, 2.45) is 0 Å². The van der Waals surface area contributed by atoms with Gasteiger partial charge in [-0.1, -0.05) is 11.3 Å². The summed E-state index contributed by atoms with van der Waals surface area (Å²) in [4.78, 5) is 0. The van der Waals surface area contributed by atoms with Crippen LogP contribution in [0.15, 0.2) is 24.4 Å². The van der Waals surface area contributed by atoms with Gasteiger partial charge in [0.2, 0.25) is 0 Å². The van der Waals surface area contributed by atoms with E-state index in [0.29, 0.717) is 12.2 Å². The summed E-state index contributed by atoms with van der Waals surface area (Å²) in [6.07, 6.45) is 1.72. The quantitative estimate of drug-likeness (QED) is 0.744. The molecule has 3 N–H and O–H groups in total. The van der Waals surface area contributed by atoms with E-state index in [1.54, 1.807) is 10.9 Å². The molecule has 5 heteroatoms. The molecule has 1 aromatic carbocycles. The molecule has 0 atom stereocenters. The summed E-state index contributed by atoms with van der Waals surface area (Å²) in [5, 5.41) is 16.6. The summed E-state index contributed by atoms with van der Waals surface area (Å²) in [7, 11) is 0. The molecule has 0 unspecified atom stereocenters. The van der Waals surface area contributed by atoms with Crippen LogP contribution in [-0.4, -0.2) is 20.1 Å². The molecule has 0 aliphatic heterocycles. The molecule has 0 amide bonds. The molecule has 0 radical (unpaired) electrons. The van der Waals surface area contributed by atoms with E-state index in [2.05, 4.69) is 10.3 Å². The van der Waals surface area contributed by atoms with Crippen molar-refractivity contribution in [2.45, 2.75) is 20.1 Å². The predicted octanol–water partition coefficient (Wildman–Crippen LogP) is 0.709. The van der Waals surface area contributed by atoms with Gasteiger partial charge in [-0.3, -0.25) is 0 Å². The lowest BCUT2D eigenvalue weighted by Gasteiger charge is -2.06. The highest BCUT2D eigenvalue weighted by molar-refractivity contribution is 5.44. The Bertz CT molecular complexity index is 492. The first-order chi connectivity index (χ1) is 7.69. The van der Waals surface area contributed by atoms with Crippen LogP contribution in [0.5, 0.6) is 0 Å². The lowest BCUT2D eigenvalue weighted by molar-refractivity contribution is 0.276. The standard InChI is InChI=1S/C11H14N4O/c1-8-2-3-10(12)4-9(8)5-15-6-11(7-16)13-14-15/h2-4,6,16H,5,7,12H2,1H3. The molecule has 2 aromatic rings. The normalized spacial score (nSPS) is 10.6. The highest BCUT2D eigenvalue weighted by Crippen LogP contribution is 2.13. The highest BCUT2D eigenvalue weighted by atomic mass is 16.3. The molecule has 0 spiro atoms. The zero-order chi connectivity index (χ0) is 11.5. The van der Waals surface area contributed by atoms with Crippen molar-refractivity contribution in [3.05, 3.63) is 41.2 Å². The van der Waals surface area contributed by atoms with Crippen LogP contribution in [0.2, 0.25) is 0 Å². The summed E-state index contributed by atoms with van der Waals surface area (Å²) in [5.41, 5.74) is 9.31. The number of rotatable bonds is 3. The van der Waals surface area contributed by atoms with Gasteiger partial charge in [0, 0.05) is 5.69 Å². The van der Waals surface area contributed by atoms with Gasteiger partial charge in [-0.2, -0.15) is 0 Å². The molecule has 1 heterocycles. The lowest BCUT2D eigenvalue weighted by atomic mass is 10.1. The third kappa shape index (κ3) is 2.20. The fourth-order valence-electron chi connectivity index (χ4n) is 1.52. The summed E-state index contributed by atoms with van der Waals surface area (Å²) in [6, 6.07) is 5.78. The van der Waals surface area contributed by atoms with Crippen LogP contribution in [0.25, 0.3) is 0 Å². The van der Waals surface area contributed by atoms with Gasteiger partial charge in [-0.15, -0.1) is 5.10 Å². The monoisotopic (exact) mass is 218 g/mol. The first-order valence-electron chi connectivity index (χ1n) is 5.04. The van der Waals surface area contributed by atoms with Crippen molar-refractivity contribution in [1.29, 1.82) is 0 Å². The summed E-state index contributed by atoms with van der Waals surface area (Å²) in [5.74, 6) is 0. The molecule has 0 aliphatic carbocycles. The fourth-order valence-corrected chi connectivity index (χ4v) is 1.52. The van der Waals surface area contributed by atoms with Crippen molar-refractivity contribution >= 4 is 5.69 Å². The predicted molar refractivity (Wildman–Crippen MR) is 60.6 cm³/mol. The van der Waals surface area contributed by atoms with Crippen molar-refractivity contribution in [1.82, 2.24) is 15.0 Å². The van der Waals surface area contributed by atoms with Gasteiger partial charge in [0.1, 0.15) is 5.69 Å². The second-order valence-electron chi connectivity index (χ2n) is 3.75. The molecule has 0 saturated carbocycles. The SMILES string of the molecule is Cc1ccc(N)cc1Cn1cc(CO)nn1. The van der Waals surface area contributed by atoms with Crippen LogP contribution in [0.4, 0.5) is 5.69 Å². The summed E-state index contributed by atoms with van der Waals surface area (Å²) < 4.78 is 1.69. The van der Waals surface area contributed by atoms with Crippen molar-refractivity contribution in [3.63, 3.8) is 0 Å². The Labute approximate surface area is 93.5 Å². The Hall–Kier alpha value is -1.88. The highest BCUT2D eigenvalue weighted by Gasteiger charge is 2.03. The van der Waals surface area contributed by atoms with Gasteiger partial charge in [-0.25, -0.2) is 4.68 Å². The number of aliphatic hydroxyl groups excluding tert-OH is 1. The Kier molecular flexibility index (Phi) is 2.87. The number of benzene rings is 1. The van der Waals surface area contributed by atoms with Crippen molar-refractivity contribution < 1.29 is 5.11 Å². The zero-order valence-electron chi connectivity index (χ0n) is 9.09. The Morgan fingerprint density at radius 1 is 1.44 bits per heavy atom. The Balaban J connectivity index is 2.22. The van der Waals surface area contributed by atoms with E-state index in [4.69, 9.17) is 10.8 Å². The number of hydrogen-bond acceptors (Lipinski definition) is 4. The molecular weight excluding hydrogens is 204 g/mol. The van der Waals surface area contributed by atoms with Gasteiger partial charge >= 0.3 is 0 Å². The Morgan fingerprint density at radius 2 is 2.25 bits per heavy atom. The minimum Gasteiger partial charge on any atom is -0.399 e. The number of anilines is 1. The maximum atomic E-state index is 8.88. The van der Waals surface area contributed by atoms with Gasteiger partial charge in [0.25, 0.3) is 0 Å². The number of nitrogen functional groups attached to an aromatic ring is 1. The number of nitrogens with zero attached hydrogens (tertiary/aromatic N) is 3.